The average Bonchev–Trinajstić information content (AvgIpc) is 3.50. The van der Waals surface area contributed by atoms with Crippen LogP contribution in [0.25, 0.3) is 11.1 Å². The number of pyridine rings is 1. The first-order valence-electron chi connectivity index (χ1n) is 12.6. The number of carbonyl (C=O) groups excluding carboxylic acids is 1. The Morgan fingerprint density at radius 3 is 2.41 bits per heavy atom. The minimum atomic E-state index is -0.0925. The van der Waals surface area contributed by atoms with Crippen molar-refractivity contribution in [2.75, 3.05) is 10.2 Å². The van der Waals surface area contributed by atoms with Gasteiger partial charge in [-0.3, -0.25) is 4.90 Å². The minimum absolute atomic E-state index is 0.0857. The zero-order valence-corrected chi connectivity index (χ0v) is 20.5. The first-order valence-corrected chi connectivity index (χ1v) is 12.6. The number of nitrogens with one attached hydrogen (secondary N) is 2. The Balaban J connectivity index is 1.28. The number of urea groups is 1. The van der Waals surface area contributed by atoms with E-state index in [9.17, 15) is 4.79 Å². The highest BCUT2D eigenvalue weighted by Crippen LogP contribution is 2.31. The first-order chi connectivity index (χ1) is 18.2. The third-order valence-corrected chi connectivity index (χ3v) is 6.81. The van der Waals surface area contributed by atoms with Gasteiger partial charge in [0, 0.05) is 36.1 Å². The molecule has 0 aliphatic heterocycles. The fourth-order valence-electron chi connectivity index (χ4n) is 4.83. The quantitative estimate of drug-likeness (QED) is 0.314. The largest absolute Gasteiger partial charge is 0.472 e. The molecule has 2 aromatic heterocycles. The predicted molar refractivity (Wildman–Crippen MR) is 144 cm³/mol. The molecule has 1 fully saturated rings. The second-order valence-corrected chi connectivity index (χ2v) is 9.27. The van der Waals surface area contributed by atoms with Crippen molar-refractivity contribution in [3.05, 3.63) is 103 Å². The summed E-state index contributed by atoms with van der Waals surface area (Å²) in [7, 11) is 0. The van der Waals surface area contributed by atoms with Gasteiger partial charge in [0.25, 0.3) is 0 Å². The molecule has 0 radical (unpaired) electrons. The number of furan rings is 1. The Hall–Kier alpha value is -4.57. The normalized spacial score (nSPS) is 16.9. The van der Waals surface area contributed by atoms with Gasteiger partial charge < -0.3 is 15.1 Å². The number of amides is 2. The highest BCUT2D eigenvalue weighted by atomic mass is 16.3. The lowest BCUT2D eigenvalue weighted by atomic mass is 9.89. The Morgan fingerprint density at radius 1 is 0.973 bits per heavy atom. The molecule has 7 nitrogen and oxygen atoms in total. The van der Waals surface area contributed by atoms with Gasteiger partial charge in [0.2, 0.25) is 0 Å². The maximum Gasteiger partial charge on any atom is 0.322 e. The van der Waals surface area contributed by atoms with Gasteiger partial charge in [0.05, 0.1) is 18.1 Å². The van der Waals surface area contributed by atoms with E-state index >= 15 is 0 Å². The fourth-order valence-corrected chi connectivity index (χ4v) is 4.83. The van der Waals surface area contributed by atoms with Gasteiger partial charge >= 0.3 is 6.03 Å². The van der Waals surface area contributed by atoms with Crippen LogP contribution in [0.15, 0.2) is 95.9 Å². The maximum absolute atomic E-state index is 13.5. The SMILES string of the molecule is N#Cc1ccc(N[C@H]2CC[C@H](N(C(=O)NCc3ccccc3)c3ccc(-c4ccoc4)cc3)CC2)nc1. The summed E-state index contributed by atoms with van der Waals surface area (Å²) in [4.78, 5) is 19.8. The summed E-state index contributed by atoms with van der Waals surface area (Å²) in [6.45, 7) is 0.477. The molecule has 1 aliphatic rings. The highest BCUT2D eigenvalue weighted by Gasteiger charge is 2.30. The van der Waals surface area contributed by atoms with Crippen molar-refractivity contribution in [1.29, 1.82) is 5.26 Å². The molecule has 1 saturated carbocycles. The van der Waals surface area contributed by atoms with E-state index in [1.807, 2.05) is 71.6 Å². The summed E-state index contributed by atoms with van der Waals surface area (Å²) in [5.74, 6) is 0.773. The van der Waals surface area contributed by atoms with Crippen LogP contribution in [0.2, 0.25) is 0 Å². The van der Waals surface area contributed by atoms with Gasteiger partial charge in [-0.2, -0.15) is 5.26 Å². The van der Waals surface area contributed by atoms with Crippen molar-refractivity contribution in [2.24, 2.45) is 0 Å². The lowest BCUT2D eigenvalue weighted by Gasteiger charge is -2.37. The Bertz CT molecular complexity index is 1320. The molecule has 0 unspecified atom stereocenters. The summed E-state index contributed by atoms with van der Waals surface area (Å²) >= 11 is 0. The molecule has 7 heteroatoms. The van der Waals surface area contributed by atoms with Crippen LogP contribution in [-0.2, 0) is 6.54 Å². The molecule has 2 aromatic carbocycles. The van der Waals surface area contributed by atoms with E-state index < -0.39 is 0 Å². The molecular formula is C30H29N5O2. The van der Waals surface area contributed by atoms with E-state index in [0.29, 0.717) is 12.1 Å². The minimum Gasteiger partial charge on any atom is -0.472 e. The number of hydrogen-bond donors (Lipinski definition) is 2. The first kappa shape index (κ1) is 24.1. The monoisotopic (exact) mass is 491 g/mol. The lowest BCUT2D eigenvalue weighted by Crippen LogP contribution is -2.48. The van der Waals surface area contributed by atoms with Gasteiger partial charge in [-0.1, -0.05) is 42.5 Å². The lowest BCUT2D eigenvalue weighted by molar-refractivity contribution is 0.240. The molecule has 2 N–H and O–H groups in total. The molecule has 4 aromatic rings. The summed E-state index contributed by atoms with van der Waals surface area (Å²) < 4.78 is 5.22. The van der Waals surface area contributed by atoms with Gasteiger partial charge in [0.15, 0.2) is 0 Å². The Kier molecular flexibility index (Phi) is 7.47. The molecule has 37 heavy (non-hydrogen) atoms. The van der Waals surface area contributed by atoms with Gasteiger partial charge in [0.1, 0.15) is 11.9 Å². The van der Waals surface area contributed by atoms with Crippen molar-refractivity contribution in [1.82, 2.24) is 10.3 Å². The molecule has 0 bridgehead atoms. The number of nitriles is 1. The molecule has 1 aliphatic carbocycles. The number of rotatable bonds is 7. The smallest absolute Gasteiger partial charge is 0.322 e. The van der Waals surface area contributed by atoms with Crippen molar-refractivity contribution < 1.29 is 9.21 Å². The molecule has 2 heterocycles. The predicted octanol–water partition coefficient (Wildman–Crippen LogP) is 6.35. The molecule has 2 amide bonds. The van der Waals surface area contributed by atoms with Crippen LogP contribution in [0.4, 0.5) is 16.3 Å². The van der Waals surface area contributed by atoms with Gasteiger partial charge in [-0.25, -0.2) is 9.78 Å². The molecule has 186 valence electrons. The number of anilines is 2. The van der Waals surface area contributed by atoms with Crippen molar-refractivity contribution in [3.8, 4) is 17.2 Å². The number of hydrogen-bond acceptors (Lipinski definition) is 5. The van der Waals surface area contributed by atoms with E-state index in [-0.39, 0.29) is 18.1 Å². The van der Waals surface area contributed by atoms with E-state index in [1.54, 1.807) is 24.8 Å². The van der Waals surface area contributed by atoms with Crippen LogP contribution in [0, 0.1) is 11.3 Å². The van der Waals surface area contributed by atoms with Gasteiger partial charge in [-0.15, -0.1) is 0 Å². The number of nitrogens with zero attached hydrogens (tertiary/aromatic N) is 3. The van der Waals surface area contributed by atoms with Crippen LogP contribution < -0.4 is 15.5 Å². The van der Waals surface area contributed by atoms with Crippen LogP contribution in [0.3, 0.4) is 0 Å². The topological polar surface area (TPSA) is 94.2 Å². The van der Waals surface area contributed by atoms with E-state index in [4.69, 9.17) is 9.68 Å². The Labute approximate surface area is 216 Å². The van der Waals surface area contributed by atoms with Crippen LogP contribution in [0.5, 0.6) is 0 Å². The molecule has 0 atom stereocenters. The van der Waals surface area contributed by atoms with E-state index in [1.165, 1.54) is 0 Å². The second kappa shape index (κ2) is 11.4. The Morgan fingerprint density at radius 2 is 1.76 bits per heavy atom. The second-order valence-electron chi connectivity index (χ2n) is 9.27. The standard InChI is InChI=1S/C30H29N5O2/c31-18-23-6-15-29(32-20-23)34-26-9-13-28(14-10-26)35(30(36)33-19-22-4-2-1-3-5-22)27-11-7-24(8-12-27)25-16-17-37-21-25/h1-8,11-12,15-17,20-21,26,28H,9-10,13-14,19H2,(H,32,34)(H,33,36)/t26-,28-. The van der Waals surface area contributed by atoms with Crippen molar-refractivity contribution in [2.45, 2.75) is 44.3 Å². The average molecular weight is 492 g/mol. The highest BCUT2D eigenvalue weighted by molar-refractivity contribution is 5.93. The van der Waals surface area contributed by atoms with Crippen LogP contribution in [0.1, 0.15) is 36.8 Å². The molecular weight excluding hydrogens is 462 g/mol. The number of carbonyl (C=O) groups is 1. The molecule has 0 spiro atoms. The zero-order valence-electron chi connectivity index (χ0n) is 20.5. The number of benzene rings is 2. The summed E-state index contributed by atoms with van der Waals surface area (Å²) in [6, 6.07) is 25.9. The fraction of sp³-hybridized carbons (Fsp3) is 0.233. The van der Waals surface area contributed by atoms with E-state index in [2.05, 4.69) is 21.7 Å². The zero-order chi connectivity index (χ0) is 25.5. The third kappa shape index (κ3) is 5.99. The summed E-state index contributed by atoms with van der Waals surface area (Å²) in [5.41, 5.74) is 4.54. The van der Waals surface area contributed by atoms with Crippen molar-refractivity contribution in [3.63, 3.8) is 0 Å². The number of aromatic nitrogens is 1. The van der Waals surface area contributed by atoms with E-state index in [0.717, 1.165) is 53.9 Å². The summed E-state index contributed by atoms with van der Waals surface area (Å²) in [6.07, 6.45) is 8.54. The van der Waals surface area contributed by atoms with Crippen molar-refractivity contribution >= 4 is 17.5 Å². The summed E-state index contributed by atoms with van der Waals surface area (Å²) in [5, 5.41) is 15.6. The van der Waals surface area contributed by atoms with Gasteiger partial charge in [-0.05, 0) is 67.1 Å². The third-order valence-electron chi connectivity index (χ3n) is 6.81. The molecule has 0 saturated heterocycles. The molecule has 5 rings (SSSR count). The van der Waals surface area contributed by atoms with Crippen LogP contribution >= 0.6 is 0 Å². The van der Waals surface area contributed by atoms with Crippen LogP contribution in [-0.4, -0.2) is 23.1 Å². The maximum atomic E-state index is 13.5.